The van der Waals surface area contributed by atoms with Crippen LogP contribution >= 0.6 is 11.8 Å². The standard InChI is InChI=1S/C6H12N2S/c1-4-8-6(3)9-5(2)7-8/h5,7H,3-4H2,1-2H3. The molecular formula is C6H12N2S. The Morgan fingerprint density at radius 2 is 2.56 bits per heavy atom. The largest absolute Gasteiger partial charge is 0.302 e. The number of nitrogens with zero attached hydrogens (tertiary/aromatic N) is 1. The molecule has 0 aromatic carbocycles. The van der Waals surface area contributed by atoms with Crippen molar-refractivity contribution in [3.05, 3.63) is 11.6 Å². The van der Waals surface area contributed by atoms with Gasteiger partial charge >= 0.3 is 0 Å². The summed E-state index contributed by atoms with van der Waals surface area (Å²) in [6.45, 7) is 9.12. The van der Waals surface area contributed by atoms with Crippen LogP contribution in [0.1, 0.15) is 13.8 Å². The van der Waals surface area contributed by atoms with E-state index in [4.69, 9.17) is 0 Å². The van der Waals surface area contributed by atoms with Crippen LogP contribution in [0.25, 0.3) is 0 Å². The highest BCUT2D eigenvalue weighted by molar-refractivity contribution is 8.03. The van der Waals surface area contributed by atoms with Crippen LogP contribution in [0.2, 0.25) is 0 Å². The van der Waals surface area contributed by atoms with E-state index in [9.17, 15) is 0 Å². The number of hydrazine groups is 1. The molecule has 1 aliphatic heterocycles. The lowest BCUT2D eigenvalue weighted by molar-refractivity contribution is 0.291. The van der Waals surface area contributed by atoms with Crippen molar-refractivity contribution in [2.24, 2.45) is 0 Å². The Labute approximate surface area is 60.3 Å². The molecule has 3 heteroatoms. The predicted octanol–water partition coefficient (Wildman–Crippen LogP) is 1.38. The first-order chi connectivity index (χ1) is 4.24. The fourth-order valence-electron chi connectivity index (χ4n) is 0.853. The first-order valence-corrected chi connectivity index (χ1v) is 4.01. The van der Waals surface area contributed by atoms with E-state index in [-0.39, 0.29) is 0 Å². The quantitative estimate of drug-likeness (QED) is 0.598. The molecule has 1 atom stereocenters. The van der Waals surface area contributed by atoms with Gasteiger partial charge in [-0.25, -0.2) is 5.43 Å². The van der Waals surface area contributed by atoms with Crippen LogP contribution in [0.5, 0.6) is 0 Å². The van der Waals surface area contributed by atoms with Gasteiger partial charge in [0.05, 0.1) is 10.4 Å². The summed E-state index contributed by atoms with van der Waals surface area (Å²) in [5, 5.41) is 3.69. The highest BCUT2D eigenvalue weighted by Gasteiger charge is 2.19. The SMILES string of the molecule is C=C1SC(C)NN1CC. The van der Waals surface area contributed by atoms with Crippen molar-refractivity contribution in [3.63, 3.8) is 0 Å². The fraction of sp³-hybridized carbons (Fsp3) is 0.667. The third kappa shape index (κ3) is 1.40. The smallest absolute Gasteiger partial charge is 0.0794 e. The zero-order valence-electron chi connectivity index (χ0n) is 5.85. The highest BCUT2D eigenvalue weighted by atomic mass is 32.2. The molecule has 0 bridgehead atoms. The zero-order valence-corrected chi connectivity index (χ0v) is 6.66. The second-order valence-corrected chi connectivity index (χ2v) is 3.44. The number of nitrogens with one attached hydrogen (secondary N) is 1. The van der Waals surface area contributed by atoms with Crippen LogP contribution in [0.4, 0.5) is 0 Å². The van der Waals surface area contributed by atoms with Crippen LogP contribution in [0.15, 0.2) is 11.6 Å². The third-order valence-electron chi connectivity index (χ3n) is 1.27. The number of thioether (sulfide) groups is 1. The Kier molecular flexibility index (Phi) is 2.03. The molecule has 1 rings (SSSR count). The summed E-state index contributed by atoms with van der Waals surface area (Å²) in [5.74, 6) is 0. The van der Waals surface area contributed by atoms with Gasteiger partial charge in [0.2, 0.25) is 0 Å². The molecule has 0 amide bonds. The number of hydrogen-bond donors (Lipinski definition) is 1. The average Bonchev–Trinajstić information content (AvgIpc) is 2.10. The molecule has 1 fully saturated rings. The summed E-state index contributed by atoms with van der Waals surface area (Å²) < 4.78 is 0. The fourth-order valence-corrected chi connectivity index (χ4v) is 1.75. The van der Waals surface area contributed by atoms with Crippen molar-refractivity contribution in [1.29, 1.82) is 0 Å². The lowest BCUT2D eigenvalue weighted by Crippen LogP contribution is -2.32. The molecule has 2 nitrogen and oxygen atoms in total. The summed E-state index contributed by atoms with van der Waals surface area (Å²) in [5.41, 5.74) is 3.25. The van der Waals surface area contributed by atoms with Gasteiger partial charge in [-0.3, -0.25) is 0 Å². The molecule has 1 unspecified atom stereocenters. The lowest BCUT2D eigenvalue weighted by atomic mass is 10.7. The monoisotopic (exact) mass is 144 g/mol. The van der Waals surface area contributed by atoms with E-state index in [0.29, 0.717) is 5.37 Å². The maximum atomic E-state index is 3.88. The highest BCUT2D eigenvalue weighted by Crippen LogP contribution is 2.27. The lowest BCUT2D eigenvalue weighted by Gasteiger charge is -2.14. The van der Waals surface area contributed by atoms with Gasteiger partial charge in [0.1, 0.15) is 0 Å². The van der Waals surface area contributed by atoms with E-state index in [2.05, 4.69) is 30.9 Å². The topological polar surface area (TPSA) is 15.3 Å². The average molecular weight is 144 g/mol. The van der Waals surface area contributed by atoms with Crippen LogP contribution in [-0.2, 0) is 0 Å². The van der Waals surface area contributed by atoms with Crippen LogP contribution < -0.4 is 5.43 Å². The predicted molar refractivity (Wildman–Crippen MR) is 41.7 cm³/mol. The van der Waals surface area contributed by atoms with Crippen molar-refractivity contribution < 1.29 is 0 Å². The molecule has 0 radical (unpaired) electrons. The minimum Gasteiger partial charge on any atom is -0.302 e. The van der Waals surface area contributed by atoms with Gasteiger partial charge in [-0.15, -0.1) is 0 Å². The molecule has 0 aliphatic carbocycles. The molecule has 1 heterocycles. The Bertz CT molecular complexity index is 124. The molecule has 9 heavy (non-hydrogen) atoms. The number of hydrogen-bond acceptors (Lipinski definition) is 3. The van der Waals surface area contributed by atoms with Gasteiger partial charge in [-0.05, 0) is 13.8 Å². The van der Waals surface area contributed by atoms with Gasteiger partial charge in [0.25, 0.3) is 0 Å². The second kappa shape index (κ2) is 2.62. The Morgan fingerprint density at radius 1 is 1.89 bits per heavy atom. The Morgan fingerprint density at radius 3 is 2.78 bits per heavy atom. The van der Waals surface area contributed by atoms with Crippen molar-refractivity contribution in [2.75, 3.05) is 6.54 Å². The molecule has 0 spiro atoms. The normalized spacial score (nSPS) is 27.6. The van der Waals surface area contributed by atoms with E-state index < -0.39 is 0 Å². The summed E-state index contributed by atoms with van der Waals surface area (Å²) >= 11 is 1.77. The van der Waals surface area contributed by atoms with Crippen LogP contribution in [-0.4, -0.2) is 16.9 Å². The van der Waals surface area contributed by atoms with Gasteiger partial charge in [0, 0.05) is 6.54 Å². The van der Waals surface area contributed by atoms with E-state index >= 15 is 0 Å². The van der Waals surface area contributed by atoms with Crippen molar-refractivity contribution in [1.82, 2.24) is 10.4 Å². The van der Waals surface area contributed by atoms with Gasteiger partial charge in [-0.1, -0.05) is 18.3 Å². The minimum absolute atomic E-state index is 0.498. The Balaban J connectivity index is 2.48. The first kappa shape index (κ1) is 6.96. The van der Waals surface area contributed by atoms with Crippen molar-refractivity contribution in [2.45, 2.75) is 19.2 Å². The van der Waals surface area contributed by atoms with Crippen molar-refractivity contribution >= 4 is 11.8 Å². The summed E-state index contributed by atoms with van der Waals surface area (Å²) in [7, 11) is 0. The van der Waals surface area contributed by atoms with E-state index in [1.165, 1.54) is 0 Å². The summed E-state index contributed by atoms with van der Waals surface area (Å²) in [6.07, 6.45) is 0. The van der Waals surface area contributed by atoms with Crippen LogP contribution in [0.3, 0.4) is 0 Å². The molecule has 0 saturated carbocycles. The maximum Gasteiger partial charge on any atom is 0.0794 e. The molecule has 0 aromatic heterocycles. The number of rotatable bonds is 1. The zero-order chi connectivity index (χ0) is 6.85. The third-order valence-corrected chi connectivity index (χ3v) is 2.22. The summed E-state index contributed by atoms with van der Waals surface area (Å²) in [4.78, 5) is 0. The van der Waals surface area contributed by atoms with Gasteiger partial charge < -0.3 is 5.01 Å². The second-order valence-electron chi connectivity index (χ2n) is 2.03. The van der Waals surface area contributed by atoms with Crippen molar-refractivity contribution in [3.8, 4) is 0 Å². The summed E-state index contributed by atoms with van der Waals surface area (Å²) in [6, 6.07) is 0. The van der Waals surface area contributed by atoms with Gasteiger partial charge in [-0.2, -0.15) is 0 Å². The Hall–Kier alpha value is -0.150. The van der Waals surface area contributed by atoms with E-state index in [0.717, 1.165) is 11.6 Å². The minimum atomic E-state index is 0.498. The molecule has 0 aromatic rings. The van der Waals surface area contributed by atoms with Crippen LogP contribution in [0, 0.1) is 0 Å². The van der Waals surface area contributed by atoms with E-state index in [1.807, 2.05) is 0 Å². The molecule has 1 saturated heterocycles. The first-order valence-electron chi connectivity index (χ1n) is 3.13. The maximum absolute atomic E-state index is 3.88. The molecule has 52 valence electrons. The molecular weight excluding hydrogens is 132 g/mol. The van der Waals surface area contributed by atoms with Gasteiger partial charge in [0.15, 0.2) is 0 Å². The molecule has 1 N–H and O–H groups in total. The molecule has 1 aliphatic rings. The van der Waals surface area contributed by atoms with E-state index in [1.54, 1.807) is 11.8 Å².